The molecular weight excluding hydrogens is 176 g/mol. The van der Waals surface area contributed by atoms with E-state index in [1.165, 1.54) is 0 Å². The van der Waals surface area contributed by atoms with Gasteiger partial charge in [0.15, 0.2) is 0 Å². The third kappa shape index (κ3) is 3.56. The Kier molecular flexibility index (Phi) is 4.35. The van der Waals surface area contributed by atoms with Crippen molar-refractivity contribution in [3.63, 3.8) is 0 Å². The van der Waals surface area contributed by atoms with Gasteiger partial charge >= 0.3 is 0 Å². The van der Waals surface area contributed by atoms with E-state index in [1.807, 2.05) is 0 Å². The van der Waals surface area contributed by atoms with E-state index < -0.39 is 0 Å². The van der Waals surface area contributed by atoms with E-state index in [2.05, 4.69) is 25.7 Å². The molecule has 0 amide bonds. The minimum atomic E-state index is -0.0924. The van der Waals surface area contributed by atoms with Crippen LogP contribution in [0.25, 0.3) is 0 Å². The molecule has 3 heteroatoms. The minimum absolute atomic E-state index is 0.0924. The molecule has 2 N–H and O–H groups in total. The van der Waals surface area contributed by atoms with Crippen molar-refractivity contribution in [2.45, 2.75) is 32.7 Å². The lowest BCUT2D eigenvalue weighted by molar-refractivity contribution is 0.149. The highest BCUT2D eigenvalue weighted by molar-refractivity contribution is 4.91. The van der Waals surface area contributed by atoms with Crippen LogP contribution in [-0.4, -0.2) is 43.3 Å². The summed E-state index contributed by atoms with van der Waals surface area (Å²) in [5.41, 5.74) is 6.15. The van der Waals surface area contributed by atoms with Crippen molar-refractivity contribution in [3.05, 3.63) is 0 Å². The van der Waals surface area contributed by atoms with Crippen molar-refractivity contribution in [1.82, 2.24) is 4.90 Å². The maximum absolute atomic E-state index is 6.24. The zero-order chi connectivity index (χ0) is 10.6. The van der Waals surface area contributed by atoms with Crippen LogP contribution in [0.1, 0.15) is 27.2 Å². The predicted octanol–water partition coefficient (Wildman–Crippen LogP) is 1.08. The van der Waals surface area contributed by atoms with Crippen LogP contribution in [0.4, 0.5) is 0 Å². The van der Waals surface area contributed by atoms with Crippen molar-refractivity contribution >= 4 is 0 Å². The minimum Gasteiger partial charge on any atom is -0.379 e. The predicted molar refractivity (Wildman–Crippen MR) is 59.3 cm³/mol. The molecule has 0 aromatic heterocycles. The van der Waals surface area contributed by atoms with Crippen LogP contribution in [0.15, 0.2) is 0 Å². The van der Waals surface area contributed by atoms with Crippen molar-refractivity contribution < 1.29 is 4.74 Å². The maximum atomic E-state index is 6.24. The van der Waals surface area contributed by atoms with Gasteiger partial charge in [0.2, 0.25) is 0 Å². The first-order valence-electron chi connectivity index (χ1n) is 5.65. The van der Waals surface area contributed by atoms with Gasteiger partial charge in [0, 0.05) is 19.7 Å². The second kappa shape index (κ2) is 5.10. The lowest BCUT2D eigenvalue weighted by Gasteiger charge is -2.31. The number of hydrogen-bond donors (Lipinski definition) is 1. The Balaban J connectivity index is 2.38. The van der Waals surface area contributed by atoms with Crippen molar-refractivity contribution in [3.8, 4) is 0 Å². The summed E-state index contributed by atoms with van der Waals surface area (Å²) in [6.45, 7) is 11.4. The molecular formula is C11H24N2O. The molecule has 1 rings (SSSR count). The van der Waals surface area contributed by atoms with Crippen LogP contribution in [-0.2, 0) is 4.74 Å². The van der Waals surface area contributed by atoms with Gasteiger partial charge in [-0.25, -0.2) is 0 Å². The van der Waals surface area contributed by atoms with E-state index in [9.17, 15) is 0 Å². The van der Waals surface area contributed by atoms with E-state index in [0.29, 0.717) is 5.92 Å². The number of ether oxygens (including phenoxy) is 1. The maximum Gasteiger partial charge on any atom is 0.0659 e. The standard InChI is InChI=1S/C11H24N2O/c1-4-13(7-10(2)3)8-11(12)5-6-14-9-11/h10H,4-9,12H2,1-3H3. The SMILES string of the molecule is CCN(CC(C)C)CC1(N)CCOC1. The molecule has 3 nitrogen and oxygen atoms in total. The molecule has 84 valence electrons. The number of likely N-dealkylation sites (N-methyl/N-ethyl adjacent to an activating group) is 1. The van der Waals surface area contributed by atoms with Gasteiger partial charge in [0.05, 0.1) is 12.1 Å². The smallest absolute Gasteiger partial charge is 0.0659 e. The summed E-state index contributed by atoms with van der Waals surface area (Å²) >= 11 is 0. The van der Waals surface area contributed by atoms with E-state index in [4.69, 9.17) is 10.5 Å². The highest BCUT2D eigenvalue weighted by Gasteiger charge is 2.32. The fraction of sp³-hybridized carbons (Fsp3) is 1.00. The Hall–Kier alpha value is -0.120. The van der Waals surface area contributed by atoms with E-state index in [0.717, 1.165) is 39.3 Å². The second-order valence-electron chi connectivity index (χ2n) is 4.89. The van der Waals surface area contributed by atoms with Gasteiger partial charge in [-0.15, -0.1) is 0 Å². The van der Waals surface area contributed by atoms with E-state index >= 15 is 0 Å². The molecule has 1 aliphatic rings. The quantitative estimate of drug-likeness (QED) is 0.722. The zero-order valence-corrected chi connectivity index (χ0v) is 9.75. The molecule has 0 bridgehead atoms. The average Bonchev–Trinajstić information content (AvgIpc) is 2.50. The molecule has 14 heavy (non-hydrogen) atoms. The Bertz CT molecular complexity index is 165. The molecule has 1 aliphatic heterocycles. The first-order chi connectivity index (χ1) is 6.56. The van der Waals surface area contributed by atoms with E-state index in [-0.39, 0.29) is 5.54 Å². The number of nitrogens with zero attached hydrogens (tertiary/aromatic N) is 1. The molecule has 1 atom stereocenters. The first kappa shape index (κ1) is 12.0. The summed E-state index contributed by atoms with van der Waals surface area (Å²) in [6.07, 6.45) is 1.00. The Morgan fingerprint density at radius 3 is 2.64 bits per heavy atom. The summed E-state index contributed by atoms with van der Waals surface area (Å²) in [5, 5.41) is 0. The van der Waals surface area contributed by atoms with Crippen LogP contribution in [0, 0.1) is 5.92 Å². The molecule has 0 aromatic carbocycles. The van der Waals surface area contributed by atoms with Gasteiger partial charge in [-0.05, 0) is 18.9 Å². The van der Waals surface area contributed by atoms with Crippen LogP contribution in [0.5, 0.6) is 0 Å². The van der Waals surface area contributed by atoms with Gasteiger partial charge in [0.1, 0.15) is 0 Å². The number of hydrogen-bond acceptors (Lipinski definition) is 3. The number of rotatable bonds is 5. The fourth-order valence-corrected chi connectivity index (χ4v) is 2.01. The molecule has 0 aromatic rings. The lowest BCUT2D eigenvalue weighted by atomic mass is 9.99. The Morgan fingerprint density at radius 2 is 2.21 bits per heavy atom. The average molecular weight is 200 g/mol. The van der Waals surface area contributed by atoms with Crippen LogP contribution in [0.3, 0.4) is 0 Å². The van der Waals surface area contributed by atoms with Crippen LogP contribution in [0.2, 0.25) is 0 Å². The summed E-state index contributed by atoms with van der Waals surface area (Å²) in [4.78, 5) is 2.43. The van der Waals surface area contributed by atoms with Gasteiger partial charge in [0.25, 0.3) is 0 Å². The second-order valence-corrected chi connectivity index (χ2v) is 4.89. The van der Waals surface area contributed by atoms with Crippen LogP contribution < -0.4 is 5.73 Å². The third-order valence-electron chi connectivity index (χ3n) is 2.74. The largest absolute Gasteiger partial charge is 0.379 e. The summed E-state index contributed by atoms with van der Waals surface area (Å²) < 4.78 is 5.36. The third-order valence-corrected chi connectivity index (χ3v) is 2.74. The first-order valence-corrected chi connectivity index (χ1v) is 5.65. The summed E-state index contributed by atoms with van der Waals surface area (Å²) in [5.74, 6) is 0.709. The molecule has 1 fully saturated rings. The Morgan fingerprint density at radius 1 is 1.50 bits per heavy atom. The highest BCUT2D eigenvalue weighted by atomic mass is 16.5. The molecule has 0 aliphatic carbocycles. The molecule has 1 heterocycles. The lowest BCUT2D eigenvalue weighted by Crippen LogP contribution is -2.51. The van der Waals surface area contributed by atoms with Gasteiger partial charge < -0.3 is 15.4 Å². The van der Waals surface area contributed by atoms with Crippen molar-refractivity contribution in [2.24, 2.45) is 11.7 Å². The van der Waals surface area contributed by atoms with Crippen LogP contribution >= 0.6 is 0 Å². The van der Waals surface area contributed by atoms with Gasteiger partial charge in [-0.3, -0.25) is 0 Å². The Labute approximate surface area is 87.6 Å². The summed E-state index contributed by atoms with van der Waals surface area (Å²) in [6, 6.07) is 0. The topological polar surface area (TPSA) is 38.5 Å². The highest BCUT2D eigenvalue weighted by Crippen LogP contribution is 2.17. The normalized spacial score (nSPS) is 27.9. The molecule has 0 saturated carbocycles. The van der Waals surface area contributed by atoms with Crippen molar-refractivity contribution in [1.29, 1.82) is 0 Å². The zero-order valence-electron chi connectivity index (χ0n) is 9.75. The molecule has 1 unspecified atom stereocenters. The van der Waals surface area contributed by atoms with Gasteiger partial charge in [-0.2, -0.15) is 0 Å². The molecule has 1 saturated heterocycles. The van der Waals surface area contributed by atoms with Gasteiger partial charge in [-0.1, -0.05) is 20.8 Å². The molecule has 0 spiro atoms. The number of nitrogens with two attached hydrogens (primary N) is 1. The summed E-state index contributed by atoms with van der Waals surface area (Å²) in [7, 11) is 0. The fourth-order valence-electron chi connectivity index (χ4n) is 2.01. The van der Waals surface area contributed by atoms with E-state index in [1.54, 1.807) is 0 Å². The van der Waals surface area contributed by atoms with Crippen molar-refractivity contribution in [2.75, 3.05) is 32.8 Å². The molecule has 0 radical (unpaired) electrons. The monoisotopic (exact) mass is 200 g/mol.